The fourth-order valence-corrected chi connectivity index (χ4v) is 2.39. The Balaban J connectivity index is 2.07. The van der Waals surface area contributed by atoms with Gasteiger partial charge in [0, 0.05) is 0 Å². The number of benzene rings is 1. The summed E-state index contributed by atoms with van der Waals surface area (Å²) in [7, 11) is 0. The van der Waals surface area contributed by atoms with Crippen molar-refractivity contribution in [2.45, 2.75) is 44.6 Å². The molecule has 5 atom stereocenters. The van der Waals surface area contributed by atoms with E-state index in [-0.39, 0.29) is 5.92 Å². The van der Waals surface area contributed by atoms with Gasteiger partial charge in [-0.15, -0.1) is 0 Å². The van der Waals surface area contributed by atoms with Gasteiger partial charge in [-0.25, -0.2) is 4.79 Å². The molecule has 0 radical (unpaired) electrons. The topological polar surface area (TPSA) is 99.2 Å². The number of nitrogens with one attached hydrogen (secondary N) is 1. The number of epoxide rings is 1. The number of hydrogen-bond acceptors (Lipinski definition) is 4. The number of aliphatic carboxylic acids is 1. The summed E-state index contributed by atoms with van der Waals surface area (Å²) in [4.78, 5) is 22.8. The molecule has 1 fully saturated rings. The van der Waals surface area contributed by atoms with Crippen molar-refractivity contribution >= 4 is 11.9 Å². The van der Waals surface area contributed by atoms with Gasteiger partial charge in [-0.2, -0.15) is 0 Å². The molecule has 1 unspecified atom stereocenters. The average Bonchev–Trinajstić information content (AvgIpc) is 3.32. The number of carbonyl (C=O) groups is 2. The van der Waals surface area contributed by atoms with Crippen LogP contribution in [0.3, 0.4) is 0 Å². The van der Waals surface area contributed by atoms with Gasteiger partial charge in [0.15, 0.2) is 12.2 Å². The van der Waals surface area contributed by atoms with Crippen LogP contribution < -0.4 is 5.32 Å². The molecule has 1 saturated heterocycles. The summed E-state index contributed by atoms with van der Waals surface area (Å²) in [6.45, 7) is 3.90. The van der Waals surface area contributed by atoms with Crippen molar-refractivity contribution in [1.82, 2.24) is 5.32 Å². The highest BCUT2D eigenvalue weighted by Gasteiger charge is 2.51. The number of ether oxygens (including phenoxy) is 1. The highest BCUT2D eigenvalue weighted by atomic mass is 16.6. The molecule has 1 aliphatic rings. The summed E-state index contributed by atoms with van der Waals surface area (Å²) in [6.07, 6.45) is -2.14. The predicted molar refractivity (Wildman–Crippen MR) is 79.1 cm³/mol. The standard InChI is InChI=1S/C16H21NO5/c1-3-9(2)11(12(18)10-7-5-4-6-8-10)17-15(19)13-14(22-13)16(20)21/h4-9,11-14,18H,3H2,1-2H3,(H,17,19)(H,20,21)/t9-,11?,12+,13-,14-/m0/s1. The third kappa shape index (κ3) is 3.64. The van der Waals surface area contributed by atoms with Crippen molar-refractivity contribution in [2.75, 3.05) is 0 Å². The number of hydrogen-bond donors (Lipinski definition) is 3. The zero-order valence-electron chi connectivity index (χ0n) is 12.6. The highest BCUT2D eigenvalue weighted by molar-refractivity contribution is 5.92. The molecule has 1 amide bonds. The summed E-state index contributed by atoms with van der Waals surface area (Å²) in [5, 5.41) is 22.1. The molecule has 0 bridgehead atoms. The van der Waals surface area contributed by atoms with Gasteiger partial charge in [0.2, 0.25) is 0 Å². The van der Waals surface area contributed by atoms with E-state index in [1.54, 1.807) is 12.1 Å². The molecule has 1 aromatic rings. The van der Waals surface area contributed by atoms with Gasteiger partial charge in [0.1, 0.15) is 0 Å². The Morgan fingerprint density at radius 3 is 2.41 bits per heavy atom. The first-order valence-electron chi connectivity index (χ1n) is 7.37. The van der Waals surface area contributed by atoms with Gasteiger partial charge in [0.25, 0.3) is 5.91 Å². The zero-order chi connectivity index (χ0) is 16.3. The van der Waals surface area contributed by atoms with Crippen molar-refractivity contribution in [2.24, 2.45) is 5.92 Å². The first-order valence-corrected chi connectivity index (χ1v) is 7.37. The maximum Gasteiger partial charge on any atom is 0.336 e. The molecule has 3 N–H and O–H groups in total. The van der Waals surface area contributed by atoms with E-state index in [4.69, 9.17) is 9.84 Å². The predicted octanol–water partition coefficient (Wildman–Crippen LogP) is 1.10. The van der Waals surface area contributed by atoms with Crippen LogP contribution in [0, 0.1) is 5.92 Å². The Labute approximate surface area is 129 Å². The minimum atomic E-state index is -1.15. The van der Waals surface area contributed by atoms with Crippen LogP contribution in [0.5, 0.6) is 0 Å². The van der Waals surface area contributed by atoms with Gasteiger partial charge in [-0.1, -0.05) is 50.6 Å². The van der Waals surface area contributed by atoms with Crippen LogP contribution in [0.2, 0.25) is 0 Å². The molecule has 0 spiro atoms. The first-order chi connectivity index (χ1) is 10.5. The monoisotopic (exact) mass is 307 g/mol. The second-order valence-corrected chi connectivity index (χ2v) is 5.59. The van der Waals surface area contributed by atoms with Crippen LogP contribution in [0.4, 0.5) is 0 Å². The molecule has 1 heterocycles. The van der Waals surface area contributed by atoms with Gasteiger partial charge >= 0.3 is 5.97 Å². The van der Waals surface area contributed by atoms with Gasteiger partial charge < -0.3 is 20.3 Å². The lowest BCUT2D eigenvalue weighted by Crippen LogP contribution is -2.45. The van der Waals surface area contributed by atoms with E-state index in [2.05, 4.69) is 5.32 Å². The third-order valence-electron chi connectivity index (χ3n) is 4.04. The lowest BCUT2D eigenvalue weighted by Gasteiger charge is -2.29. The second kappa shape index (κ2) is 6.89. The molecule has 6 heteroatoms. The van der Waals surface area contributed by atoms with E-state index in [9.17, 15) is 14.7 Å². The number of aliphatic hydroxyl groups excluding tert-OH is 1. The fourth-order valence-electron chi connectivity index (χ4n) is 2.39. The molecule has 6 nitrogen and oxygen atoms in total. The molecule has 2 rings (SSSR count). The van der Waals surface area contributed by atoms with Crippen molar-refractivity contribution in [3.63, 3.8) is 0 Å². The quantitative estimate of drug-likeness (QED) is 0.655. The Morgan fingerprint density at radius 2 is 1.91 bits per heavy atom. The molecule has 120 valence electrons. The number of aliphatic hydroxyl groups is 1. The van der Waals surface area contributed by atoms with E-state index in [0.29, 0.717) is 5.56 Å². The SMILES string of the molecule is CC[C@H](C)C(NC(=O)[C@H]1O[C@@H]1C(=O)O)[C@H](O)c1ccccc1. The van der Waals surface area contributed by atoms with E-state index in [1.807, 2.05) is 32.0 Å². The van der Waals surface area contributed by atoms with Gasteiger partial charge in [-0.3, -0.25) is 4.79 Å². The highest BCUT2D eigenvalue weighted by Crippen LogP contribution is 2.27. The number of rotatable bonds is 7. The Morgan fingerprint density at radius 1 is 1.27 bits per heavy atom. The van der Waals surface area contributed by atoms with Crippen LogP contribution >= 0.6 is 0 Å². The number of carbonyl (C=O) groups excluding carboxylic acids is 1. The Hall–Kier alpha value is -1.92. The number of carboxylic acids is 1. The van der Waals surface area contributed by atoms with Crippen LogP contribution in [-0.4, -0.2) is 40.3 Å². The molecule has 1 aliphatic heterocycles. The molecule has 0 saturated carbocycles. The summed E-state index contributed by atoms with van der Waals surface area (Å²) in [6, 6.07) is 8.57. The molecule has 0 aliphatic carbocycles. The van der Waals surface area contributed by atoms with Crippen LogP contribution in [0.25, 0.3) is 0 Å². The van der Waals surface area contributed by atoms with Crippen molar-refractivity contribution in [3.8, 4) is 0 Å². The largest absolute Gasteiger partial charge is 0.479 e. The van der Waals surface area contributed by atoms with Crippen molar-refractivity contribution in [1.29, 1.82) is 0 Å². The third-order valence-corrected chi connectivity index (χ3v) is 4.04. The normalized spacial score (nSPS) is 24.1. The fraction of sp³-hybridized carbons (Fsp3) is 0.500. The van der Waals surface area contributed by atoms with E-state index in [0.717, 1.165) is 6.42 Å². The summed E-state index contributed by atoms with van der Waals surface area (Å²) >= 11 is 0. The van der Waals surface area contributed by atoms with Gasteiger partial charge in [-0.05, 0) is 11.5 Å². The summed E-state index contributed by atoms with van der Waals surface area (Å²) < 4.78 is 4.85. The zero-order valence-corrected chi connectivity index (χ0v) is 12.6. The van der Waals surface area contributed by atoms with Crippen LogP contribution in [0.15, 0.2) is 30.3 Å². The lowest BCUT2D eigenvalue weighted by molar-refractivity contribution is -0.138. The Kier molecular flexibility index (Phi) is 5.15. The van der Waals surface area contributed by atoms with E-state index >= 15 is 0 Å². The minimum Gasteiger partial charge on any atom is -0.479 e. The lowest BCUT2D eigenvalue weighted by atomic mass is 9.90. The first kappa shape index (κ1) is 16.5. The van der Waals surface area contributed by atoms with Crippen LogP contribution in [0.1, 0.15) is 31.9 Å². The van der Waals surface area contributed by atoms with Crippen LogP contribution in [-0.2, 0) is 14.3 Å². The average molecular weight is 307 g/mol. The van der Waals surface area contributed by atoms with Crippen molar-refractivity contribution in [3.05, 3.63) is 35.9 Å². The minimum absolute atomic E-state index is 0.0289. The number of amides is 1. The number of carboxylic acid groups (broad SMARTS) is 1. The van der Waals surface area contributed by atoms with E-state index in [1.165, 1.54) is 0 Å². The molecule has 22 heavy (non-hydrogen) atoms. The van der Waals surface area contributed by atoms with E-state index < -0.39 is 36.2 Å². The smallest absolute Gasteiger partial charge is 0.336 e. The maximum absolute atomic E-state index is 12.1. The Bertz CT molecular complexity index is 533. The maximum atomic E-state index is 12.1. The molecular weight excluding hydrogens is 286 g/mol. The summed E-state index contributed by atoms with van der Waals surface area (Å²) in [5.74, 6) is -1.61. The molecular formula is C16H21NO5. The van der Waals surface area contributed by atoms with Gasteiger partial charge in [0.05, 0.1) is 12.1 Å². The molecule has 1 aromatic carbocycles. The molecule has 0 aromatic heterocycles. The second-order valence-electron chi connectivity index (χ2n) is 5.59. The summed E-state index contributed by atoms with van der Waals surface area (Å²) in [5.41, 5.74) is 0.708. The van der Waals surface area contributed by atoms with Crippen molar-refractivity contribution < 1.29 is 24.5 Å².